The minimum Gasteiger partial charge on any atom is -0.378 e. The van der Waals surface area contributed by atoms with E-state index in [9.17, 15) is 4.79 Å². The van der Waals surface area contributed by atoms with E-state index in [1.165, 1.54) is 12.8 Å². The number of hydrogen-bond acceptors (Lipinski definition) is 2. The van der Waals surface area contributed by atoms with Crippen molar-refractivity contribution in [3.8, 4) is 0 Å². The molecule has 1 amide bonds. The Balaban J connectivity index is 2.09. The minimum atomic E-state index is 0.147. The Labute approximate surface area is 86.2 Å². The largest absolute Gasteiger partial charge is 0.378 e. The molecule has 1 atom stereocenters. The maximum Gasteiger partial charge on any atom is 0.220 e. The third-order valence-electron chi connectivity index (χ3n) is 2.42. The first kappa shape index (κ1) is 11.5. The van der Waals surface area contributed by atoms with Gasteiger partial charge in [0.05, 0.1) is 6.10 Å². The normalized spacial score (nSPS) is 22.4. The molecule has 0 aromatic carbocycles. The minimum absolute atomic E-state index is 0.147. The average Bonchev–Trinajstić information content (AvgIpc) is 2.15. The van der Waals surface area contributed by atoms with Gasteiger partial charge in [-0.3, -0.25) is 4.79 Å². The molecular weight excluding hydrogens is 178 g/mol. The van der Waals surface area contributed by atoms with Crippen molar-refractivity contribution in [2.24, 2.45) is 0 Å². The van der Waals surface area contributed by atoms with Crippen LogP contribution in [-0.2, 0) is 9.53 Å². The van der Waals surface area contributed by atoms with Crippen LogP contribution in [-0.4, -0.2) is 24.7 Å². The van der Waals surface area contributed by atoms with Gasteiger partial charge in [0.25, 0.3) is 0 Å². The lowest BCUT2D eigenvalue weighted by Crippen LogP contribution is -2.31. The molecule has 1 aliphatic heterocycles. The topological polar surface area (TPSA) is 38.3 Å². The van der Waals surface area contributed by atoms with Crippen LogP contribution < -0.4 is 5.32 Å². The second kappa shape index (κ2) is 6.02. The van der Waals surface area contributed by atoms with Crippen LogP contribution in [0.3, 0.4) is 0 Å². The molecule has 0 aliphatic carbocycles. The lowest BCUT2D eigenvalue weighted by atomic mass is 10.0. The van der Waals surface area contributed by atoms with E-state index in [1.54, 1.807) is 0 Å². The molecule has 1 heterocycles. The van der Waals surface area contributed by atoms with Crippen molar-refractivity contribution in [1.29, 1.82) is 0 Å². The van der Waals surface area contributed by atoms with Crippen molar-refractivity contribution in [1.82, 2.24) is 5.32 Å². The van der Waals surface area contributed by atoms with Crippen molar-refractivity contribution in [3.63, 3.8) is 0 Å². The molecule has 0 aromatic rings. The van der Waals surface area contributed by atoms with Crippen LogP contribution in [0, 0.1) is 0 Å². The summed E-state index contributed by atoms with van der Waals surface area (Å²) in [6.45, 7) is 4.83. The Bertz CT molecular complexity index is 174. The van der Waals surface area contributed by atoms with Gasteiger partial charge in [-0.15, -0.1) is 0 Å². The highest BCUT2D eigenvalue weighted by Crippen LogP contribution is 2.16. The molecule has 0 radical (unpaired) electrons. The van der Waals surface area contributed by atoms with Gasteiger partial charge in [0.2, 0.25) is 5.91 Å². The van der Waals surface area contributed by atoms with Crippen molar-refractivity contribution in [3.05, 3.63) is 0 Å². The molecule has 3 nitrogen and oxygen atoms in total. The Kier molecular flexibility index (Phi) is 4.94. The molecule has 82 valence electrons. The van der Waals surface area contributed by atoms with Crippen LogP contribution in [0.5, 0.6) is 0 Å². The number of ether oxygens (including phenoxy) is 1. The Morgan fingerprint density at radius 2 is 2.29 bits per heavy atom. The highest BCUT2D eigenvalue weighted by molar-refractivity contribution is 5.76. The highest BCUT2D eigenvalue weighted by Gasteiger charge is 2.15. The van der Waals surface area contributed by atoms with Gasteiger partial charge >= 0.3 is 0 Å². The number of hydrogen-bond donors (Lipinski definition) is 1. The first-order chi connectivity index (χ1) is 6.68. The first-order valence-corrected chi connectivity index (χ1v) is 5.59. The zero-order valence-corrected chi connectivity index (χ0v) is 9.21. The Morgan fingerprint density at radius 1 is 1.50 bits per heavy atom. The van der Waals surface area contributed by atoms with Crippen LogP contribution >= 0.6 is 0 Å². The lowest BCUT2D eigenvalue weighted by molar-refractivity contribution is -0.122. The monoisotopic (exact) mass is 199 g/mol. The van der Waals surface area contributed by atoms with Gasteiger partial charge in [-0.05, 0) is 39.5 Å². The van der Waals surface area contributed by atoms with Crippen LogP contribution in [0.4, 0.5) is 0 Å². The molecule has 1 N–H and O–H groups in total. The summed E-state index contributed by atoms with van der Waals surface area (Å²) in [5, 5.41) is 2.89. The second-order valence-corrected chi connectivity index (χ2v) is 4.25. The summed E-state index contributed by atoms with van der Waals surface area (Å²) in [5.41, 5.74) is 0. The van der Waals surface area contributed by atoms with Gasteiger partial charge in [-0.25, -0.2) is 0 Å². The van der Waals surface area contributed by atoms with Crippen molar-refractivity contribution in [2.75, 3.05) is 6.61 Å². The van der Waals surface area contributed by atoms with Gasteiger partial charge in [0, 0.05) is 19.1 Å². The molecule has 0 aromatic heterocycles. The van der Waals surface area contributed by atoms with E-state index in [1.807, 2.05) is 13.8 Å². The third kappa shape index (κ3) is 4.61. The summed E-state index contributed by atoms with van der Waals surface area (Å²) in [6.07, 6.45) is 5.34. The van der Waals surface area contributed by atoms with Crippen LogP contribution in [0.1, 0.15) is 46.0 Å². The Hall–Kier alpha value is -0.570. The quantitative estimate of drug-likeness (QED) is 0.750. The number of carbonyl (C=O) groups excluding carboxylic acids is 1. The molecule has 1 unspecified atom stereocenters. The van der Waals surface area contributed by atoms with E-state index in [2.05, 4.69) is 5.32 Å². The summed E-state index contributed by atoms with van der Waals surface area (Å²) in [6, 6.07) is 0.245. The summed E-state index contributed by atoms with van der Waals surface area (Å²) in [4.78, 5) is 11.3. The third-order valence-corrected chi connectivity index (χ3v) is 2.42. The fraction of sp³-hybridized carbons (Fsp3) is 0.909. The van der Waals surface area contributed by atoms with Crippen molar-refractivity contribution in [2.45, 2.75) is 58.1 Å². The molecule has 0 bridgehead atoms. The van der Waals surface area contributed by atoms with Gasteiger partial charge in [0.1, 0.15) is 0 Å². The summed E-state index contributed by atoms with van der Waals surface area (Å²) in [7, 11) is 0. The Morgan fingerprint density at radius 3 is 2.86 bits per heavy atom. The maximum atomic E-state index is 11.3. The zero-order valence-electron chi connectivity index (χ0n) is 9.21. The SMILES string of the molecule is CC(C)NC(=O)CCC1CCCCO1. The fourth-order valence-electron chi connectivity index (χ4n) is 1.72. The van der Waals surface area contributed by atoms with Crippen LogP contribution in [0.25, 0.3) is 0 Å². The zero-order chi connectivity index (χ0) is 10.4. The number of carbonyl (C=O) groups is 1. The highest BCUT2D eigenvalue weighted by atomic mass is 16.5. The molecule has 1 aliphatic rings. The molecule has 0 saturated carbocycles. The average molecular weight is 199 g/mol. The number of amides is 1. The van der Waals surface area contributed by atoms with Crippen molar-refractivity contribution >= 4 is 5.91 Å². The standard InChI is InChI=1S/C11H21NO2/c1-9(2)12-11(13)7-6-10-5-3-4-8-14-10/h9-10H,3-8H2,1-2H3,(H,12,13). The molecule has 0 spiro atoms. The molecule has 3 heteroatoms. The summed E-state index contributed by atoms with van der Waals surface area (Å²) < 4.78 is 5.55. The number of rotatable bonds is 4. The van der Waals surface area contributed by atoms with E-state index >= 15 is 0 Å². The molecule has 1 rings (SSSR count). The first-order valence-electron chi connectivity index (χ1n) is 5.59. The van der Waals surface area contributed by atoms with E-state index in [-0.39, 0.29) is 11.9 Å². The van der Waals surface area contributed by atoms with Crippen LogP contribution in [0.15, 0.2) is 0 Å². The number of nitrogens with one attached hydrogen (secondary N) is 1. The van der Waals surface area contributed by atoms with Gasteiger partial charge < -0.3 is 10.1 Å². The second-order valence-electron chi connectivity index (χ2n) is 4.25. The molecule has 14 heavy (non-hydrogen) atoms. The predicted molar refractivity (Wildman–Crippen MR) is 56.1 cm³/mol. The maximum absolute atomic E-state index is 11.3. The van der Waals surface area contributed by atoms with Gasteiger partial charge in [0.15, 0.2) is 0 Å². The lowest BCUT2D eigenvalue weighted by Gasteiger charge is -2.22. The van der Waals surface area contributed by atoms with E-state index in [4.69, 9.17) is 4.74 Å². The predicted octanol–water partition coefficient (Wildman–Crippen LogP) is 1.86. The van der Waals surface area contributed by atoms with Gasteiger partial charge in [-0.2, -0.15) is 0 Å². The van der Waals surface area contributed by atoms with E-state index < -0.39 is 0 Å². The van der Waals surface area contributed by atoms with Gasteiger partial charge in [-0.1, -0.05) is 0 Å². The van der Waals surface area contributed by atoms with E-state index in [0.717, 1.165) is 19.4 Å². The van der Waals surface area contributed by atoms with Crippen LogP contribution in [0.2, 0.25) is 0 Å². The molecule has 1 saturated heterocycles. The summed E-state index contributed by atoms with van der Waals surface area (Å²) >= 11 is 0. The summed E-state index contributed by atoms with van der Waals surface area (Å²) in [5.74, 6) is 0.147. The smallest absolute Gasteiger partial charge is 0.220 e. The van der Waals surface area contributed by atoms with E-state index in [0.29, 0.717) is 12.5 Å². The molecular formula is C11H21NO2. The van der Waals surface area contributed by atoms with Crippen molar-refractivity contribution < 1.29 is 9.53 Å². The fourth-order valence-corrected chi connectivity index (χ4v) is 1.72. The molecule has 1 fully saturated rings.